The Kier molecular flexibility index (Phi) is 9.79. The second-order valence-electron chi connectivity index (χ2n) is 7.68. The normalized spacial score (nSPS) is 11.7. The molecule has 2 N–H and O–H groups in total. The Hall–Kier alpha value is -4.42. The summed E-state index contributed by atoms with van der Waals surface area (Å²) in [6.07, 6.45) is -1.11. The fraction of sp³-hybridized carbons (Fsp3) is 0.0769. The molecule has 0 fully saturated rings. The van der Waals surface area contributed by atoms with Crippen molar-refractivity contribution < 1.29 is 29.6 Å². The van der Waals surface area contributed by atoms with Crippen LogP contribution in [0.25, 0.3) is 0 Å². The number of nitro groups is 2. The molecule has 3 aromatic carbocycles. The van der Waals surface area contributed by atoms with Gasteiger partial charge in [-0.2, -0.15) is 0 Å². The van der Waals surface area contributed by atoms with Crippen molar-refractivity contribution in [2.24, 2.45) is 0 Å². The van der Waals surface area contributed by atoms with Crippen LogP contribution >= 0.6 is 23.5 Å². The van der Waals surface area contributed by atoms with E-state index < -0.39 is 46.0 Å². The van der Waals surface area contributed by atoms with E-state index in [-0.39, 0.29) is 22.3 Å². The molecule has 0 aliphatic carbocycles. The van der Waals surface area contributed by atoms with Crippen LogP contribution < -0.4 is 0 Å². The molecule has 0 saturated heterocycles. The molecule has 0 unspecified atom stereocenters. The molecule has 12 heteroatoms. The number of benzene rings is 3. The highest BCUT2D eigenvalue weighted by Gasteiger charge is 2.27. The van der Waals surface area contributed by atoms with Crippen LogP contribution in [0.3, 0.4) is 0 Å². The third-order valence-corrected chi connectivity index (χ3v) is 7.09. The minimum Gasteiger partial charge on any atom is -0.478 e. The van der Waals surface area contributed by atoms with Crippen molar-refractivity contribution in [1.29, 1.82) is 0 Å². The van der Waals surface area contributed by atoms with E-state index in [0.29, 0.717) is 9.79 Å². The van der Waals surface area contributed by atoms with Gasteiger partial charge in [0.1, 0.15) is 0 Å². The third kappa shape index (κ3) is 7.54. The predicted octanol–water partition coefficient (Wildman–Crippen LogP) is 5.99. The highest BCUT2D eigenvalue weighted by Crippen LogP contribution is 2.30. The number of rotatable bonds is 12. The first-order chi connectivity index (χ1) is 18.2. The van der Waals surface area contributed by atoms with Crippen LogP contribution in [0, 0.1) is 20.2 Å². The molecular formula is C26H20N2O8S2. The second-order valence-corrected chi connectivity index (χ2v) is 9.56. The fourth-order valence-corrected chi connectivity index (χ4v) is 4.94. The molecule has 0 radical (unpaired) electrons. The first-order valence-electron chi connectivity index (χ1n) is 10.9. The monoisotopic (exact) mass is 552 g/mol. The summed E-state index contributed by atoms with van der Waals surface area (Å²) in [5.41, 5.74) is -1.88. The van der Waals surface area contributed by atoms with Gasteiger partial charge >= 0.3 is 11.9 Å². The minimum atomic E-state index is -1.44. The van der Waals surface area contributed by atoms with Crippen LogP contribution in [0.4, 0.5) is 0 Å². The Morgan fingerprint density at radius 1 is 0.658 bits per heavy atom. The standard InChI is InChI=1S/C26H20N2O8S2/c29-25(30)21-11-12-22(26(31)32)24(14-18(28(35)36)16-38-20-9-5-2-6-10-20)23(21)13-17(27(33)34)15-37-19-7-3-1-4-8-19/h1-12,15-16H,13-14H2,(H,29,30)(H,31,32). The number of nitrogens with zero attached hydrogens (tertiary/aromatic N) is 2. The average molecular weight is 553 g/mol. The van der Waals surface area contributed by atoms with Gasteiger partial charge in [-0.25, -0.2) is 9.59 Å². The number of hydrogen-bond acceptors (Lipinski definition) is 8. The van der Waals surface area contributed by atoms with Crippen molar-refractivity contribution in [1.82, 2.24) is 0 Å². The summed E-state index contributed by atoms with van der Waals surface area (Å²) < 4.78 is 0. The molecule has 0 spiro atoms. The van der Waals surface area contributed by atoms with Crippen molar-refractivity contribution in [2.75, 3.05) is 0 Å². The maximum atomic E-state index is 12.0. The lowest BCUT2D eigenvalue weighted by Crippen LogP contribution is -2.16. The van der Waals surface area contributed by atoms with Gasteiger partial charge in [0.05, 0.1) is 33.8 Å². The van der Waals surface area contributed by atoms with E-state index in [9.17, 15) is 40.0 Å². The van der Waals surface area contributed by atoms with Crippen LogP contribution in [-0.4, -0.2) is 32.0 Å². The lowest BCUT2D eigenvalue weighted by Gasteiger charge is -2.14. The van der Waals surface area contributed by atoms with Gasteiger partial charge in [-0.05, 0) is 47.5 Å². The number of carboxylic acid groups (broad SMARTS) is 2. The number of carbonyl (C=O) groups is 2. The topological polar surface area (TPSA) is 161 Å². The molecule has 0 aliphatic rings. The molecule has 0 bridgehead atoms. The van der Waals surface area contributed by atoms with Crippen molar-refractivity contribution >= 4 is 35.5 Å². The van der Waals surface area contributed by atoms with Crippen LogP contribution in [0.2, 0.25) is 0 Å². The average Bonchev–Trinajstić information content (AvgIpc) is 2.89. The Balaban J connectivity index is 2.10. The number of aromatic carboxylic acids is 2. The molecule has 0 aliphatic heterocycles. The summed E-state index contributed by atoms with van der Waals surface area (Å²) in [5.74, 6) is -2.89. The lowest BCUT2D eigenvalue weighted by molar-refractivity contribution is -0.427. The van der Waals surface area contributed by atoms with Crippen LogP contribution in [-0.2, 0) is 12.8 Å². The summed E-state index contributed by atoms with van der Waals surface area (Å²) in [7, 11) is 0. The Bertz CT molecular complexity index is 1320. The van der Waals surface area contributed by atoms with Gasteiger partial charge in [-0.15, -0.1) is 0 Å². The number of carboxylic acids is 2. The van der Waals surface area contributed by atoms with Crippen molar-refractivity contribution in [3.05, 3.63) is 137 Å². The summed E-state index contributed by atoms with van der Waals surface area (Å²) in [6.45, 7) is 0. The van der Waals surface area contributed by atoms with E-state index in [2.05, 4.69) is 0 Å². The summed E-state index contributed by atoms with van der Waals surface area (Å²) in [6, 6.07) is 19.6. The van der Waals surface area contributed by atoms with Gasteiger partial charge in [0.2, 0.25) is 0 Å². The Morgan fingerprint density at radius 2 is 1.00 bits per heavy atom. The zero-order valence-corrected chi connectivity index (χ0v) is 21.2. The first-order valence-corrected chi connectivity index (χ1v) is 12.6. The van der Waals surface area contributed by atoms with E-state index >= 15 is 0 Å². The van der Waals surface area contributed by atoms with Crippen molar-refractivity contribution in [3.8, 4) is 0 Å². The van der Waals surface area contributed by atoms with Gasteiger partial charge in [0.15, 0.2) is 0 Å². The molecule has 0 heterocycles. The van der Waals surface area contributed by atoms with E-state index in [1.807, 2.05) is 0 Å². The van der Waals surface area contributed by atoms with E-state index in [1.165, 1.54) is 10.8 Å². The third-order valence-electron chi connectivity index (χ3n) is 5.23. The first kappa shape index (κ1) is 28.2. The molecule has 0 saturated carbocycles. The van der Waals surface area contributed by atoms with Gasteiger partial charge in [-0.3, -0.25) is 20.2 Å². The SMILES string of the molecule is O=C(O)c1ccc(C(=O)O)c(CC(=CSc2ccccc2)[N+](=O)[O-])c1CC(=CSc1ccccc1)[N+](=O)[O-]. The second kappa shape index (κ2) is 13.2. The van der Waals surface area contributed by atoms with Gasteiger partial charge in [0.25, 0.3) is 11.4 Å². The minimum absolute atomic E-state index is 0.175. The van der Waals surface area contributed by atoms with Crippen LogP contribution in [0.5, 0.6) is 0 Å². The molecule has 0 aromatic heterocycles. The van der Waals surface area contributed by atoms with Crippen LogP contribution in [0.1, 0.15) is 31.8 Å². The van der Waals surface area contributed by atoms with E-state index in [4.69, 9.17) is 0 Å². The smallest absolute Gasteiger partial charge is 0.335 e. The highest BCUT2D eigenvalue weighted by molar-refractivity contribution is 8.02. The number of hydrogen-bond donors (Lipinski definition) is 2. The Labute approximate surface area is 225 Å². The van der Waals surface area contributed by atoms with Gasteiger partial charge < -0.3 is 10.2 Å². The summed E-state index contributed by atoms with van der Waals surface area (Å²) in [5, 5.41) is 45.8. The van der Waals surface area contributed by atoms with Gasteiger partial charge in [-0.1, -0.05) is 59.9 Å². The van der Waals surface area contributed by atoms with E-state index in [1.54, 1.807) is 60.7 Å². The zero-order chi connectivity index (χ0) is 27.7. The summed E-state index contributed by atoms with van der Waals surface area (Å²) >= 11 is 2.08. The number of allylic oxidation sites excluding steroid dienone is 2. The largest absolute Gasteiger partial charge is 0.478 e. The van der Waals surface area contributed by atoms with Gasteiger partial charge in [0, 0.05) is 20.6 Å². The maximum absolute atomic E-state index is 12.0. The van der Waals surface area contributed by atoms with Crippen molar-refractivity contribution in [3.63, 3.8) is 0 Å². The number of thioether (sulfide) groups is 2. The predicted molar refractivity (Wildman–Crippen MR) is 143 cm³/mol. The molecule has 38 heavy (non-hydrogen) atoms. The maximum Gasteiger partial charge on any atom is 0.335 e. The summed E-state index contributed by atoms with van der Waals surface area (Å²) in [4.78, 5) is 47.8. The quantitative estimate of drug-likeness (QED) is 0.155. The molecular weight excluding hydrogens is 532 g/mol. The molecule has 3 rings (SSSR count). The molecule has 3 aromatic rings. The zero-order valence-electron chi connectivity index (χ0n) is 19.6. The Morgan fingerprint density at radius 3 is 1.29 bits per heavy atom. The molecule has 0 atom stereocenters. The van der Waals surface area contributed by atoms with Crippen molar-refractivity contribution in [2.45, 2.75) is 22.6 Å². The fourth-order valence-electron chi connectivity index (χ4n) is 3.43. The lowest BCUT2D eigenvalue weighted by atomic mass is 9.90. The molecule has 194 valence electrons. The molecule has 10 nitrogen and oxygen atoms in total. The van der Waals surface area contributed by atoms with Crippen LogP contribution in [0.15, 0.2) is 105 Å². The molecule has 0 amide bonds. The highest BCUT2D eigenvalue weighted by atomic mass is 32.2. The van der Waals surface area contributed by atoms with E-state index in [0.717, 1.165) is 35.7 Å².